The molecule has 3 rings (SSSR count). The van der Waals surface area contributed by atoms with Crippen molar-refractivity contribution in [3.05, 3.63) is 54.1 Å². The van der Waals surface area contributed by atoms with Crippen LogP contribution in [0.1, 0.15) is 10.4 Å². The van der Waals surface area contributed by atoms with E-state index in [1.165, 1.54) is 11.0 Å². The van der Waals surface area contributed by atoms with Crippen LogP contribution in [0.4, 0.5) is 5.69 Å². The maximum absolute atomic E-state index is 12.6. The first-order valence-corrected chi connectivity index (χ1v) is 9.93. The number of benzene rings is 2. The fourth-order valence-electron chi connectivity index (χ4n) is 2.69. The van der Waals surface area contributed by atoms with Crippen molar-refractivity contribution < 1.29 is 22.7 Å². The lowest BCUT2D eigenvalue weighted by Crippen LogP contribution is -2.41. The number of hydrogen-bond acceptors (Lipinski definition) is 5. The molecule has 0 aromatic heterocycles. The van der Waals surface area contributed by atoms with Crippen LogP contribution in [0.3, 0.4) is 0 Å². The van der Waals surface area contributed by atoms with Gasteiger partial charge >= 0.3 is 0 Å². The summed E-state index contributed by atoms with van der Waals surface area (Å²) in [7, 11) is -1.73. The summed E-state index contributed by atoms with van der Waals surface area (Å²) < 4.78 is 36.6. The summed E-state index contributed by atoms with van der Waals surface area (Å²) in [4.78, 5) is 14.2. The van der Waals surface area contributed by atoms with Gasteiger partial charge in [0.25, 0.3) is 5.91 Å². The monoisotopic (exact) mass is 376 g/mol. The number of ether oxygens (including phenoxy) is 2. The number of rotatable bonds is 5. The molecule has 0 bridgehead atoms. The number of anilines is 1. The van der Waals surface area contributed by atoms with E-state index in [-0.39, 0.29) is 12.0 Å². The number of para-hydroxylation sites is 2. The molecule has 0 unspecified atom stereocenters. The Morgan fingerprint density at radius 1 is 1.19 bits per heavy atom. The van der Waals surface area contributed by atoms with E-state index in [0.29, 0.717) is 35.9 Å². The topological polar surface area (TPSA) is 84.9 Å². The molecular formula is C18H20N2O5S. The van der Waals surface area contributed by atoms with Crippen molar-refractivity contribution in [3.63, 3.8) is 0 Å². The van der Waals surface area contributed by atoms with Gasteiger partial charge in [-0.05, 0) is 30.3 Å². The van der Waals surface area contributed by atoms with Gasteiger partial charge in [0.15, 0.2) is 17.6 Å². The Morgan fingerprint density at radius 2 is 1.92 bits per heavy atom. The number of nitrogens with zero attached hydrogens (tertiary/aromatic N) is 1. The van der Waals surface area contributed by atoms with Gasteiger partial charge in [0.05, 0.1) is 12.8 Å². The van der Waals surface area contributed by atoms with Crippen molar-refractivity contribution in [1.29, 1.82) is 0 Å². The van der Waals surface area contributed by atoms with Crippen LogP contribution in [0, 0.1) is 0 Å². The van der Waals surface area contributed by atoms with Crippen LogP contribution in [0.5, 0.6) is 11.5 Å². The Labute approximate surface area is 152 Å². The molecule has 0 aliphatic carbocycles. The zero-order chi connectivity index (χ0) is 18.7. The predicted molar refractivity (Wildman–Crippen MR) is 98.2 cm³/mol. The van der Waals surface area contributed by atoms with Crippen LogP contribution in [0.15, 0.2) is 48.5 Å². The Balaban J connectivity index is 1.66. The molecule has 2 aromatic rings. The fourth-order valence-corrected chi connectivity index (χ4v) is 3.25. The van der Waals surface area contributed by atoms with Crippen molar-refractivity contribution in [2.24, 2.45) is 0 Å². The zero-order valence-electron chi connectivity index (χ0n) is 14.5. The largest absolute Gasteiger partial charge is 0.486 e. The van der Waals surface area contributed by atoms with Gasteiger partial charge in [-0.15, -0.1) is 0 Å². The van der Waals surface area contributed by atoms with Gasteiger partial charge in [-0.2, -0.15) is 0 Å². The molecule has 0 radical (unpaired) electrons. The molecule has 138 valence electrons. The third-order valence-electron chi connectivity index (χ3n) is 3.80. The Morgan fingerprint density at radius 3 is 2.65 bits per heavy atom. The third-order valence-corrected chi connectivity index (χ3v) is 4.41. The standard InChI is InChI=1S/C18H20N2O5S/c1-20(11-15-12-24-16-8-3-4-9-17(16)25-15)18(21)13-6-5-7-14(10-13)19-26(2,22)23/h3-10,15,19H,11-12H2,1-2H3/t15-/m1/s1. The molecule has 26 heavy (non-hydrogen) atoms. The summed E-state index contributed by atoms with van der Waals surface area (Å²) in [6, 6.07) is 13.8. The minimum atomic E-state index is -3.40. The summed E-state index contributed by atoms with van der Waals surface area (Å²) in [6.45, 7) is 0.696. The number of hydrogen-bond donors (Lipinski definition) is 1. The highest BCUT2D eigenvalue weighted by Gasteiger charge is 2.24. The minimum absolute atomic E-state index is 0.232. The van der Waals surface area contributed by atoms with Gasteiger partial charge in [-0.1, -0.05) is 18.2 Å². The average Bonchev–Trinajstić information content (AvgIpc) is 2.59. The van der Waals surface area contributed by atoms with Crippen molar-refractivity contribution >= 4 is 21.6 Å². The molecule has 0 saturated heterocycles. The van der Waals surface area contributed by atoms with Crippen LogP contribution >= 0.6 is 0 Å². The minimum Gasteiger partial charge on any atom is -0.486 e. The second kappa shape index (κ2) is 7.25. The number of fused-ring (bicyclic) bond motifs is 1. The quantitative estimate of drug-likeness (QED) is 0.862. The Kier molecular flexibility index (Phi) is 5.03. The summed E-state index contributed by atoms with van der Waals surface area (Å²) in [5.74, 6) is 1.12. The number of likely N-dealkylation sites (N-methyl/N-ethyl adjacent to an activating group) is 1. The second-order valence-electron chi connectivity index (χ2n) is 6.14. The van der Waals surface area contributed by atoms with Gasteiger partial charge in [-0.3, -0.25) is 9.52 Å². The van der Waals surface area contributed by atoms with Gasteiger partial charge in [0.1, 0.15) is 6.61 Å². The summed E-state index contributed by atoms with van der Waals surface area (Å²) in [5, 5.41) is 0. The van der Waals surface area contributed by atoms with E-state index in [1.807, 2.05) is 24.3 Å². The summed E-state index contributed by atoms with van der Waals surface area (Å²) >= 11 is 0. The van der Waals surface area contributed by atoms with E-state index < -0.39 is 10.0 Å². The van der Waals surface area contributed by atoms with E-state index in [4.69, 9.17) is 9.47 Å². The predicted octanol–water partition coefficient (Wildman–Crippen LogP) is 1.97. The third kappa shape index (κ3) is 4.45. The fraction of sp³-hybridized carbons (Fsp3) is 0.278. The van der Waals surface area contributed by atoms with Crippen LogP contribution in [0.2, 0.25) is 0 Å². The summed E-state index contributed by atoms with van der Waals surface area (Å²) in [6.07, 6.45) is 0.780. The number of nitrogens with one attached hydrogen (secondary N) is 1. The van der Waals surface area contributed by atoms with Gasteiger partial charge in [0.2, 0.25) is 10.0 Å². The molecule has 1 atom stereocenters. The van der Waals surface area contributed by atoms with Crippen molar-refractivity contribution in [3.8, 4) is 11.5 Å². The second-order valence-corrected chi connectivity index (χ2v) is 7.89. The van der Waals surface area contributed by atoms with Gasteiger partial charge in [0, 0.05) is 18.3 Å². The van der Waals surface area contributed by atoms with E-state index in [0.717, 1.165) is 6.26 Å². The smallest absolute Gasteiger partial charge is 0.253 e. The van der Waals surface area contributed by atoms with E-state index in [2.05, 4.69) is 4.72 Å². The lowest BCUT2D eigenvalue weighted by molar-refractivity contribution is 0.0521. The molecule has 1 heterocycles. The molecule has 1 aliphatic heterocycles. The van der Waals surface area contributed by atoms with Crippen molar-refractivity contribution in [2.75, 3.05) is 31.2 Å². The molecule has 1 amide bonds. The van der Waals surface area contributed by atoms with Crippen LogP contribution in [-0.4, -0.2) is 51.8 Å². The highest BCUT2D eigenvalue weighted by atomic mass is 32.2. The highest BCUT2D eigenvalue weighted by Crippen LogP contribution is 2.31. The normalized spacial score (nSPS) is 16.0. The number of carbonyl (C=O) groups is 1. The first kappa shape index (κ1) is 18.1. The molecule has 1 N–H and O–H groups in total. The first-order valence-electron chi connectivity index (χ1n) is 8.03. The van der Waals surface area contributed by atoms with Crippen LogP contribution in [-0.2, 0) is 10.0 Å². The molecule has 0 spiro atoms. The highest BCUT2D eigenvalue weighted by molar-refractivity contribution is 7.92. The Hall–Kier alpha value is -2.74. The molecular weight excluding hydrogens is 356 g/mol. The van der Waals surface area contributed by atoms with E-state index in [9.17, 15) is 13.2 Å². The lowest BCUT2D eigenvalue weighted by atomic mass is 10.1. The molecule has 0 fully saturated rings. The van der Waals surface area contributed by atoms with E-state index in [1.54, 1.807) is 25.2 Å². The molecule has 0 saturated carbocycles. The zero-order valence-corrected chi connectivity index (χ0v) is 15.3. The number of carbonyl (C=O) groups excluding carboxylic acids is 1. The molecule has 2 aromatic carbocycles. The molecule has 1 aliphatic rings. The van der Waals surface area contributed by atoms with Gasteiger partial charge < -0.3 is 14.4 Å². The van der Waals surface area contributed by atoms with Crippen molar-refractivity contribution in [2.45, 2.75) is 6.10 Å². The number of sulfonamides is 1. The van der Waals surface area contributed by atoms with Gasteiger partial charge in [-0.25, -0.2) is 8.42 Å². The maximum atomic E-state index is 12.6. The summed E-state index contributed by atoms with van der Waals surface area (Å²) in [5.41, 5.74) is 0.733. The lowest BCUT2D eigenvalue weighted by Gasteiger charge is -2.29. The van der Waals surface area contributed by atoms with Crippen molar-refractivity contribution in [1.82, 2.24) is 4.90 Å². The maximum Gasteiger partial charge on any atom is 0.253 e. The average molecular weight is 376 g/mol. The SMILES string of the molecule is CN(C[C@@H]1COc2ccccc2O1)C(=O)c1cccc(NS(C)(=O)=O)c1. The number of amides is 1. The van der Waals surface area contributed by atoms with Crippen LogP contribution in [0.25, 0.3) is 0 Å². The molecule has 7 nitrogen and oxygen atoms in total. The van der Waals surface area contributed by atoms with E-state index >= 15 is 0 Å². The molecule has 8 heteroatoms. The van der Waals surface area contributed by atoms with Crippen LogP contribution < -0.4 is 14.2 Å². The first-order chi connectivity index (χ1) is 12.3. The Bertz CT molecular complexity index is 913.